The minimum absolute atomic E-state index is 0.0853. The highest BCUT2D eigenvalue weighted by atomic mass is 16.5. The first kappa shape index (κ1) is 91.3. The molecule has 0 saturated heterocycles. The molecule has 0 N–H and O–H groups in total. The molecule has 10 bridgehead atoms. The van der Waals surface area contributed by atoms with Gasteiger partial charge < -0.3 is 47.4 Å². The van der Waals surface area contributed by atoms with Crippen molar-refractivity contribution >= 4 is 129 Å². The van der Waals surface area contributed by atoms with Crippen molar-refractivity contribution in [2.45, 2.75) is 126 Å². The van der Waals surface area contributed by atoms with Crippen LogP contribution in [0.3, 0.4) is 0 Å². The number of nitrogens with zero attached hydrogens (tertiary/aromatic N) is 12. The van der Waals surface area contributed by atoms with Crippen molar-refractivity contribution in [3.63, 3.8) is 0 Å². The van der Waals surface area contributed by atoms with Gasteiger partial charge in [0, 0.05) is 87.7 Å². The van der Waals surface area contributed by atoms with Gasteiger partial charge in [0.25, 0.3) is 0 Å². The Morgan fingerprint density at radius 2 is 0.349 bits per heavy atom. The van der Waals surface area contributed by atoms with Crippen LogP contribution < -0.4 is 47.4 Å². The van der Waals surface area contributed by atoms with Crippen molar-refractivity contribution in [3.05, 3.63) is 405 Å². The van der Waals surface area contributed by atoms with Gasteiger partial charge in [-0.2, -0.15) is 0 Å². The first-order valence-electron chi connectivity index (χ1n) is 51.7. The van der Waals surface area contributed by atoms with Crippen molar-refractivity contribution in [3.8, 4) is 57.5 Å². The molecule has 35 rings (SSSR count). The molecule has 0 amide bonds. The zero-order valence-electron chi connectivity index (χ0n) is 83.8. The van der Waals surface area contributed by atoms with Crippen molar-refractivity contribution in [1.29, 1.82) is 0 Å². The number of hydrogen-bond acceptors (Lipinski definition) is 18. The molecule has 149 heavy (non-hydrogen) atoms. The van der Waals surface area contributed by atoms with Gasteiger partial charge in [0.1, 0.15) is 83.9 Å². The first-order valence-corrected chi connectivity index (χ1v) is 51.7. The Bertz CT molecular complexity index is 8410. The van der Waals surface area contributed by atoms with E-state index < -0.39 is 0 Å². The van der Waals surface area contributed by atoms with Crippen LogP contribution in [-0.2, 0) is 84.7 Å². The van der Waals surface area contributed by atoms with Crippen molar-refractivity contribution in [1.82, 2.24) is 60.0 Å². The van der Waals surface area contributed by atoms with Gasteiger partial charge in [-0.25, -0.2) is 18.7 Å². The molecule has 0 spiro atoms. The number of hydrogen-bond donors (Lipinski definition) is 0. The number of rotatable bonds is 32. The standard InChI is InChI=1S/C127H106N12O10/c1-7-140-110-56-94-50-98-60-118(148-74-104-66-130-134-138(104)70-90-39-35-86-31-27-78-19-15-23-82-43-47-108(90)126(86)122(78)82)100(62-116(98)146-72-102-64-128-132-136(102)68-88-37-33-84-29-25-76-17-13-21-80-41-45-106(88)124(84)120(76)80)52-96-58-115(145-12-6)97(59-114(96)144-11-5)53-101-63-117(147-73-103-65-129-133-137(103)69-89-38-34-85-30-26-77-18-14-22-81-42-46-107(89)125(85)121(77)81)99(51-95-57-111(141-8-2)93(55-113(95)143-10-4)49-92(110)54-112(94)142-9-3)61-119(101)149-75-105-67-131-135-139(105)71-91-40-36-87-32-28-79-20-16-24-83-44-48-109(91)127(87)123(79)83/h13-48,54-67H,7-12,49-53,68-75H2,1-6H3. The van der Waals surface area contributed by atoms with Crippen molar-refractivity contribution in [2.24, 2.45) is 0 Å². The minimum Gasteiger partial charge on any atom is -0.494 e. The van der Waals surface area contributed by atoms with E-state index in [0.29, 0.717) is 143 Å². The molecule has 25 aromatic rings. The summed E-state index contributed by atoms with van der Waals surface area (Å²) in [4.78, 5) is 0. The van der Waals surface area contributed by atoms with Crippen LogP contribution in [0.25, 0.3) is 129 Å². The third-order valence-corrected chi connectivity index (χ3v) is 30.0. The molecule has 10 aliphatic carbocycles. The molecular formula is C127H106N12O10. The fourth-order valence-electron chi connectivity index (χ4n) is 23.0. The van der Waals surface area contributed by atoms with Gasteiger partial charge in [-0.3, -0.25) is 0 Å². The maximum Gasteiger partial charge on any atom is 0.132 e. The summed E-state index contributed by atoms with van der Waals surface area (Å²) < 4.78 is 79.6. The van der Waals surface area contributed by atoms with Crippen LogP contribution in [0.1, 0.15) is 142 Å². The van der Waals surface area contributed by atoms with Gasteiger partial charge in [0.15, 0.2) is 0 Å². The summed E-state index contributed by atoms with van der Waals surface area (Å²) in [7, 11) is 0. The SMILES string of the molecule is CCOc1cc2c(OCC)cc1Cc1cc(OCC)c(cc1OCC)Cc1cc(OCc3cnnn3Cc3ccc4ccc5cccc6ccc3c4c56)c(cc1OCc1cnnn1Cc1ccc3ccc4cccc5ccc1c3c45)Cc1cc(OCC)c(cc1OCC)Cc1cc(OCc3cnnn3Cc3ccc4ccc5cccc6ccc3c4c56)c(cc1OCc1cnnn1Cc1ccc3ccc4cccc5ccc1c3c45)C2. The molecule has 734 valence electrons. The van der Waals surface area contributed by atoms with Crippen LogP contribution in [0.4, 0.5) is 0 Å². The largest absolute Gasteiger partial charge is 0.494 e. The van der Waals surface area contributed by atoms with E-state index in [-0.39, 0.29) is 39.3 Å². The molecule has 0 saturated carbocycles. The molecule has 10 aliphatic rings. The van der Waals surface area contributed by atoms with E-state index in [1.54, 1.807) is 24.8 Å². The lowest BCUT2D eigenvalue weighted by Gasteiger charge is -2.22. The zero-order chi connectivity index (χ0) is 99.8. The van der Waals surface area contributed by atoms with E-state index in [1.807, 2.05) is 60.3 Å². The highest BCUT2D eigenvalue weighted by Crippen LogP contribution is 2.48. The van der Waals surface area contributed by atoms with E-state index in [1.165, 1.54) is 108 Å². The first-order chi connectivity index (χ1) is 73.5. The number of benzene rings is 21. The third-order valence-electron chi connectivity index (χ3n) is 30.0. The Morgan fingerprint density at radius 1 is 0.188 bits per heavy atom. The van der Waals surface area contributed by atoms with Gasteiger partial charge in [0.2, 0.25) is 0 Å². The fourth-order valence-corrected chi connectivity index (χ4v) is 23.0. The summed E-state index contributed by atoms with van der Waals surface area (Å²) in [6.07, 6.45) is 8.75. The van der Waals surface area contributed by atoms with E-state index in [9.17, 15) is 0 Å². The van der Waals surface area contributed by atoms with Crippen LogP contribution in [0.15, 0.2) is 304 Å². The maximum absolute atomic E-state index is 7.53. The Balaban J connectivity index is 0.633. The van der Waals surface area contributed by atoms with Gasteiger partial charge in [-0.05, 0) is 254 Å². The Hall–Kier alpha value is -17.7. The summed E-state index contributed by atoms with van der Waals surface area (Å²) >= 11 is 0. The van der Waals surface area contributed by atoms with Crippen molar-refractivity contribution < 1.29 is 47.4 Å². The van der Waals surface area contributed by atoms with E-state index in [4.69, 9.17) is 68.2 Å². The van der Waals surface area contributed by atoms with Crippen molar-refractivity contribution in [2.75, 3.05) is 39.6 Å². The average Bonchev–Trinajstić information content (AvgIpc) is 1.22. The van der Waals surface area contributed by atoms with Crippen LogP contribution in [0.2, 0.25) is 0 Å². The maximum atomic E-state index is 7.53. The Labute approximate surface area is 859 Å². The average molecular weight is 1960 g/mol. The van der Waals surface area contributed by atoms with Gasteiger partial charge in [-0.15, -0.1) is 20.4 Å². The summed E-state index contributed by atoms with van der Waals surface area (Å²) in [5, 5.41) is 66.6. The van der Waals surface area contributed by atoms with E-state index in [0.717, 1.165) is 122 Å². The third kappa shape index (κ3) is 16.9. The number of ether oxygens (including phenoxy) is 10. The van der Waals surface area contributed by atoms with Gasteiger partial charge in [0.05, 0.1) is 113 Å². The second-order valence-corrected chi connectivity index (χ2v) is 38.8. The smallest absolute Gasteiger partial charge is 0.132 e. The van der Waals surface area contributed by atoms with Crippen LogP contribution >= 0.6 is 0 Å². The predicted octanol–water partition coefficient (Wildman–Crippen LogP) is 26.8. The highest BCUT2D eigenvalue weighted by Gasteiger charge is 2.30. The monoisotopic (exact) mass is 1960 g/mol. The lowest BCUT2D eigenvalue weighted by molar-refractivity contribution is 0.280. The molecule has 0 aliphatic heterocycles. The summed E-state index contributed by atoms with van der Waals surface area (Å²) in [5.74, 6) is 6.31. The van der Waals surface area contributed by atoms with Crippen LogP contribution in [0, 0.1) is 0 Å². The molecule has 22 nitrogen and oxygen atoms in total. The quantitative estimate of drug-likeness (QED) is 0.0358. The molecule has 4 heterocycles. The van der Waals surface area contributed by atoms with Gasteiger partial charge in [-0.1, -0.05) is 239 Å². The molecule has 0 atom stereocenters. The molecular weight excluding hydrogens is 1850 g/mol. The molecule has 22 heteroatoms. The Morgan fingerprint density at radius 3 is 0.530 bits per heavy atom. The van der Waals surface area contributed by atoms with Crippen LogP contribution in [0.5, 0.6) is 57.5 Å². The highest BCUT2D eigenvalue weighted by molar-refractivity contribution is 6.27. The summed E-state index contributed by atoms with van der Waals surface area (Å²) in [6, 6.07) is 101. The van der Waals surface area contributed by atoms with E-state index in [2.05, 4.69) is 299 Å². The molecule has 21 aromatic carbocycles. The lowest BCUT2D eigenvalue weighted by atomic mass is 9.92. The molecule has 0 fully saturated rings. The van der Waals surface area contributed by atoms with Crippen LogP contribution in [-0.4, -0.2) is 99.6 Å². The number of aromatic nitrogens is 12. The lowest BCUT2D eigenvalue weighted by Crippen LogP contribution is -2.12. The van der Waals surface area contributed by atoms with E-state index >= 15 is 0 Å². The normalized spacial score (nSPS) is 12.5. The summed E-state index contributed by atoms with van der Waals surface area (Å²) in [5.41, 5.74) is 15.8. The summed E-state index contributed by atoms with van der Waals surface area (Å²) in [6.45, 7) is 16.3. The topological polar surface area (TPSA) is 215 Å². The molecule has 0 radical (unpaired) electrons. The second-order valence-electron chi connectivity index (χ2n) is 38.8. The molecule has 0 unspecified atom stereocenters. The Kier molecular flexibility index (Phi) is 23.7. The van der Waals surface area contributed by atoms with Gasteiger partial charge >= 0.3 is 0 Å². The zero-order valence-corrected chi connectivity index (χ0v) is 83.8. The minimum atomic E-state index is 0.0853. The predicted molar refractivity (Wildman–Crippen MR) is 588 cm³/mol. The molecule has 4 aromatic heterocycles. The fraction of sp³-hybridized carbons (Fsp3) is 0.197. The second kappa shape index (κ2) is 38.7.